The SMILES string of the molecule is O=C(CSCc1ccccc1)NC1CCN(c2ccc(C(F)(F)F)cn2)C1. The average Bonchev–Trinajstić information content (AvgIpc) is 3.10. The van der Waals surface area contributed by atoms with Crippen LogP contribution in [0.15, 0.2) is 48.7 Å². The number of alkyl halides is 3. The summed E-state index contributed by atoms with van der Waals surface area (Å²) in [6.07, 6.45) is -2.79. The molecule has 3 rings (SSSR count). The highest BCUT2D eigenvalue weighted by Gasteiger charge is 2.31. The lowest BCUT2D eigenvalue weighted by Crippen LogP contribution is -2.38. The zero-order chi connectivity index (χ0) is 19.3. The first-order chi connectivity index (χ1) is 12.9. The van der Waals surface area contributed by atoms with E-state index >= 15 is 0 Å². The minimum absolute atomic E-state index is 0.0149. The van der Waals surface area contributed by atoms with Gasteiger partial charge in [0.15, 0.2) is 0 Å². The third-order valence-corrected chi connectivity index (χ3v) is 5.30. The van der Waals surface area contributed by atoms with Gasteiger partial charge in [-0.3, -0.25) is 4.79 Å². The van der Waals surface area contributed by atoms with Crippen molar-refractivity contribution >= 4 is 23.5 Å². The summed E-state index contributed by atoms with van der Waals surface area (Å²) in [5.74, 6) is 1.63. The second-order valence-electron chi connectivity index (χ2n) is 6.38. The summed E-state index contributed by atoms with van der Waals surface area (Å²) in [7, 11) is 0. The third kappa shape index (κ3) is 5.63. The van der Waals surface area contributed by atoms with Crippen molar-refractivity contribution in [1.29, 1.82) is 0 Å². The quantitative estimate of drug-likeness (QED) is 0.810. The molecule has 1 saturated heterocycles. The van der Waals surface area contributed by atoms with Gasteiger partial charge in [0.2, 0.25) is 5.91 Å². The van der Waals surface area contributed by atoms with Gasteiger partial charge in [-0.25, -0.2) is 4.98 Å². The molecule has 0 saturated carbocycles. The molecule has 1 amide bonds. The maximum Gasteiger partial charge on any atom is 0.417 e. The first-order valence-electron chi connectivity index (χ1n) is 8.61. The zero-order valence-electron chi connectivity index (χ0n) is 14.6. The number of thioether (sulfide) groups is 1. The third-order valence-electron chi connectivity index (χ3n) is 4.30. The summed E-state index contributed by atoms with van der Waals surface area (Å²) in [5, 5.41) is 2.99. The maximum absolute atomic E-state index is 12.6. The lowest BCUT2D eigenvalue weighted by Gasteiger charge is -2.18. The summed E-state index contributed by atoms with van der Waals surface area (Å²) < 4.78 is 37.8. The Labute approximate surface area is 160 Å². The van der Waals surface area contributed by atoms with Crippen LogP contribution in [0.3, 0.4) is 0 Å². The van der Waals surface area contributed by atoms with Crippen molar-refractivity contribution in [3.63, 3.8) is 0 Å². The van der Waals surface area contributed by atoms with Crippen LogP contribution in [0.2, 0.25) is 0 Å². The van der Waals surface area contributed by atoms with Gasteiger partial charge in [-0.1, -0.05) is 30.3 Å². The lowest BCUT2D eigenvalue weighted by molar-refractivity contribution is -0.137. The van der Waals surface area contributed by atoms with Crippen LogP contribution in [0, 0.1) is 0 Å². The zero-order valence-corrected chi connectivity index (χ0v) is 15.4. The van der Waals surface area contributed by atoms with Crippen LogP contribution in [0.25, 0.3) is 0 Å². The molecule has 0 bridgehead atoms. The van der Waals surface area contributed by atoms with Gasteiger partial charge in [0.25, 0.3) is 0 Å². The molecular formula is C19H20F3N3OS. The number of nitrogens with one attached hydrogen (secondary N) is 1. The number of pyridine rings is 1. The van der Waals surface area contributed by atoms with E-state index in [0.29, 0.717) is 24.7 Å². The summed E-state index contributed by atoms with van der Waals surface area (Å²) in [6.45, 7) is 1.20. The minimum atomic E-state index is -4.38. The molecule has 0 aliphatic carbocycles. The fourth-order valence-corrected chi connectivity index (χ4v) is 3.73. The monoisotopic (exact) mass is 395 g/mol. The van der Waals surface area contributed by atoms with Gasteiger partial charge in [0.05, 0.1) is 11.3 Å². The Morgan fingerprint density at radius 2 is 2.00 bits per heavy atom. The molecule has 8 heteroatoms. The van der Waals surface area contributed by atoms with E-state index in [1.54, 1.807) is 11.8 Å². The first-order valence-corrected chi connectivity index (χ1v) is 9.76. The molecule has 2 heterocycles. The molecule has 2 aromatic rings. The number of benzene rings is 1. The van der Waals surface area contributed by atoms with Gasteiger partial charge in [-0.2, -0.15) is 13.2 Å². The van der Waals surface area contributed by atoms with Crippen LogP contribution in [-0.2, 0) is 16.7 Å². The van der Waals surface area contributed by atoms with Crippen molar-refractivity contribution < 1.29 is 18.0 Å². The number of amides is 1. The van der Waals surface area contributed by atoms with Crippen molar-refractivity contribution in [3.05, 3.63) is 59.8 Å². The first kappa shape index (κ1) is 19.5. The van der Waals surface area contributed by atoms with E-state index in [9.17, 15) is 18.0 Å². The van der Waals surface area contributed by atoms with Gasteiger partial charge >= 0.3 is 6.18 Å². The minimum Gasteiger partial charge on any atom is -0.354 e. The number of carbonyl (C=O) groups excluding carboxylic acids is 1. The van der Waals surface area contributed by atoms with E-state index in [-0.39, 0.29) is 11.9 Å². The predicted octanol–water partition coefficient (Wildman–Crippen LogP) is 3.73. The Morgan fingerprint density at radius 3 is 2.67 bits per heavy atom. The van der Waals surface area contributed by atoms with Crippen molar-refractivity contribution in [3.8, 4) is 0 Å². The predicted molar refractivity (Wildman–Crippen MR) is 101 cm³/mol. The van der Waals surface area contributed by atoms with Crippen LogP contribution < -0.4 is 10.2 Å². The number of hydrogen-bond acceptors (Lipinski definition) is 4. The molecule has 1 atom stereocenters. The smallest absolute Gasteiger partial charge is 0.354 e. The Kier molecular flexibility index (Phi) is 6.26. The van der Waals surface area contributed by atoms with Gasteiger partial charge in [0, 0.05) is 31.1 Å². The van der Waals surface area contributed by atoms with Crippen LogP contribution in [0.4, 0.5) is 19.0 Å². The van der Waals surface area contributed by atoms with Gasteiger partial charge in [-0.15, -0.1) is 11.8 Å². The summed E-state index contributed by atoms with van der Waals surface area (Å²) in [6, 6.07) is 12.3. The number of aromatic nitrogens is 1. The molecule has 1 aromatic carbocycles. The molecule has 1 aromatic heterocycles. The van der Waals surface area contributed by atoms with E-state index < -0.39 is 11.7 Å². The molecule has 0 spiro atoms. The number of carbonyl (C=O) groups is 1. The van der Waals surface area contributed by atoms with Crippen LogP contribution in [0.5, 0.6) is 0 Å². The average molecular weight is 395 g/mol. The van der Waals surface area contributed by atoms with Crippen LogP contribution in [0.1, 0.15) is 17.5 Å². The topological polar surface area (TPSA) is 45.2 Å². The van der Waals surface area contributed by atoms with Crippen molar-refractivity contribution in [2.45, 2.75) is 24.4 Å². The van der Waals surface area contributed by atoms with E-state index in [4.69, 9.17) is 0 Å². The molecule has 1 aliphatic heterocycles. The molecule has 4 nitrogen and oxygen atoms in total. The van der Waals surface area contributed by atoms with Crippen molar-refractivity contribution in [2.24, 2.45) is 0 Å². The highest BCUT2D eigenvalue weighted by molar-refractivity contribution is 7.99. The van der Waals surface area contributed by atoms with Gasteiger partial charge in [-0.05, 0) is 24.1 Å². The molecular weight excluding hydrogens is 375 g/mol. The molecule has 1 fully saturated rings. The highest BCUT2D eigenvalue weighted by atomic mass is 32.2. The molecule has 1 unspecified atom stereocenters. The van der Waals surface area contributed by atoms with Crippen LogP contribution in [-0.4, -0.2) is 35.8 Å². The fraction of sp³-hybridized carbons (Fsp3) is 0.368. The lowest BCUT2D eigenvalue weighted by atomic mass is 10.2. The standard InChI is InChI=1S/C19H20F3N3OS/c20-19(21,22)15-6-7-17(23-10-15)25-9-8-16(11-25)24-18(26)13-27-12-14-4-2-1-3-5-14/h1-7,10,16H,8-9,11-13H2,(H,24,26). The van der Waals surface area contributed by atoms with E-state index in [0.717, 1.165) is 24.4 Å². The van der Waals surface area contributed by atoms with Crippen molar-refractivity contribution in [2.75, 3.05) is 23.7 Å². The molecule has 0 radical (unpaired) electrons. The van der Waals surface area contributed by atoms with Gasteiger partial charge in [0.1, 0.15) is 5.82 Å². The number of anilines is 1. The normalized spacial score (nSPS) is 17.1. The number of rotatable bonds is 6. The largest absolute Gasteiger partial charge is 0.417 e. The Balaban J connectivity index is 1.43. The van der Waals surface area contributed by atoms with E-state index in [2.05, 4.69) is 10.3 Å². The molecule has 144 valence electrons. The Bertz CT molecular complexity index is 753. The number of nitrogens with zero attached hydrogens (tertiary/aromatic N) is 2. The van der Waals surface area contributed by atoms with Crippen molar-refractivity contribution in [1.82, 2.24) is 10.3 Å². The maximum atomic E-state index is 12.6. The van der Waals surface area contributed by atoms with E-state index in [1.165, 1.54) is 11.6 Å². The Morgan fingerprint density at radius 1 is 1.22 bits per heavy atom. The fourth-order valence-electron chi connectivity index (χ4n) is 2.93. The highest BCUT2D eigenvalue weighted by Crippen LogP contribution is 2.29. The summed E-state index contributed by atoms with van der Waals surface area (Å²) in [5.41, 5.74) is 0.418. The number of hydrogen-bond donors (Lipinski definition) is 1. The van der Waals surface area contributed by atoms with Gasteiger partial charge < -0.3 is 10.2 Å². The van der Waals surface area contributed by atoms with Crippen LogP contribution >= 0.6 is 11.8 Å². The molecule has 27 heavy (non-hydrogen) atoms. The summed E-state index contributed by atoms with van der Waals surface area (Å²) in [4.78, 5) is 17.9. The second kappa shape index (κ2) is 8.65. The molecule has 1 aliphatic rings. The summed E-state index contributed by atoms with van der Waals surface area (Å²) >= 11 is 1.55. The van der Waals surface area contributed by atoms with E-state index in [1.807, 2.05) is 35.2 Å². The Hall–Kier alpha value is -2.22. The second-order valence-corrected chi connectivity index (χ2v) is 7.37. The number of halogens is 3. The molecule has 1 N–H and O–H groups in total.